The Morgan fingerprint density at radius 1 is 1.64 bits per heavy atom. The van der Waals surface area contributed by atoms with Crippen molar-refractivity contribution in [3.8, 4) is 0 Å². The number of thiocarbonyl (C=S) groups is 1. The van der Waals surface area contributed by atoms with Gasteiger partial charge in [-0.1, -0.05) is 47.0 Å². The van der Waals surface area contributed by atoms with Crippen molar-refractivity contribution in [2.24, 2.45) is 0 Å². The van der Waals surface area contributed by atoms with Gasteiger partial charge in [-0.25, -0.2) is 4.72 Å². The van der Waals surface area contributed by atoms with Crippen molar-refractivity contribution in [3.63, 3.8) is 0 Å². The van der Waals surface area contributed by atoms with Crippen LogP contribution in [0, 0.1) is 0 Å². The Bertz CT molecular complexity index is 181. The van der Waals surface area contributed by atoms with E-state index in [0.29, 0.717) is 4.32 Å². The van der Waals surface area contributed by atoms with E-state index >= 15 is 0 Å². The quantitative estimate of drug-likeness (QED) is 0.403. The molecule has 11 heavy (non-hydrogen) atoms. The highest BCUT2D eigenvalue weighted by molar-refractivity contribution is 8.22. The van der Waals surface area contributed by atoms with E-state index in [0.717, 1.165) is 0 Å². The number of halogens is 3. The number of nitrogens with one attached hydrogen (secondary N) is 1. The van der Waals surface area contributed by atoms with Crippen LogP contribution in [0.1, 0.15) is 0 Å². The number of alkyl halides is 3. The normalized spacial score (nSPS) is 26.4. The fraction of sp³-hybridized carbons (Fsp3) is 0.750. The Labute approximate surface area is 89.7 Å². The fourth-order valence-electron chi connectivity index (χ4n) is 0.649. The molecule has 1 fully saturated rings. The highest BCUT2D eigenvalue weighted by Gasteiger charge is 2.40. The van der Waals surface area contributed by atoms with E-state index in [2.05, 4.69) is 4.72 Å². The van der Waals surface area contributed by atoms with Crippen LogP contribution in [-0.4, -0.2) is 26.2 Å². The van der Waals surface area contributed by atoms with E-state index in [1.54, 1.807) is 11.9 Å². The highest BCUT2D eigenvalue weighted by Crippen LogP contribution is 2.36. The van der Waals surface area contributed by atoms with Gasteiger partial charge in [0.05, 0.1) is 0 Å². The maximum atomic E-state index is 5.65. The van der Waals surface area contributed by atoms with Crippen LogP contribution in [-0.2, 0) is 0 Å². The van der Waals surface area contributed by atoms with E-state index in [-0.39, 0.29) is 6.17 Å². The van der Waals surface area contributed by atoms with Gasteiger partial charge in [-0.2, -0.15) is 0 Å². The lowest BCUT2D eigenvalue weighted by Gasteiger charge is -2.25. The molecule has 1 unspecified atom stereocenters. The lowest BCUT2D eigenvalue weighted by atomic mass is 10.5. The summed E-state index contributed by atoms with van der Waals surface area (Å²) in [5.74, 6) is 0. The van der Waals surface area contributed by atoms with Gasteiger partial charge in [0.2, 0.25) is 3.79 Å². The summed E-state index contributed by atoms with van der Waals surface area (Å²) in [6, 6.07) is 0. The lowest BCUT2D eigenvalue weighted by Crippen LogP contribution is -2.44. The molecule has 1 atom stereocenters. The van der Waals surface area contributed by atoms with Crippen LogP contribution in [0.3, 0.4) is 0 Å². The van der Waals surface area contributed by atoms with Crippen LogP contribution in [0.25, 0.3) is 0 Å². The van der Waals surface area contributed by atoms with E-state index in [1.165, 1.54) is 11.9 Å². The standard InChI is InChI=1S/C4H5Cl3N2S2/c1-9-2(4(5,6)7)8-11-3(9)10/h2,8H,1H3. The number of nitrogens with zero attached hydrogens (tertiary/aromatic N) is 1. The molecule has 1 aliphatic rings. The average molecular weight is 252 g/mol. The second-order valence-corrected chi connectivity index (χ2v) is 5.88. The van der Waals surface area contributed by atoms with Crippen molar-refractivity contribution in [3.05, 3.63) is 0 Å². The molecule has 0 aromatic heterocycles. The third-order valence-electron chi connectivity index (χ3n) is 1.24. The first-order valence-corrected chi connectivity index (χ1v) is 5.04. The van der Waals surface area contributed by atoms with Crippen molar-refractivity contribution >= 4 is 63.3 Å². The second kappa shape index (κ2) is 3.44. The van der Waals surface area contributed by atoms with Gasteiger partial charge in [0.15, 0.2) is 4.32 Å². The van der Waals surface area contributed by atoms with Crippen LogP contribution >= 0.6 is 59.0 Å². The molecule has 0 bridgehead atoms. The monoisotopic (exact) mass is 250 g/mol. The molecule has 1 N–H and O–H groups in total. The molecule has 64 valence electrons. The molecule has 0 radical (unpaired) electrons. The SMILES string of the molecule is CN1C(=S)SNC1C(Cl)(Cl)Cl. The first-order valence-electron chi connectivity index (χ1n) is 2.69. The van der Waals surface area contributed by atoms with Crippen molar-refractivity contribution in [2.75, 3.05) is 7.05 Å². The summed E-state index contributed by atoms with van der Waals surface area (Å²) in [4.78, 5) is 1.72. The predicted octanol–water partition coefficient (Wildman–Crippen LogP) is 2.15. The van der Waals surface area contributed by atoms with Gasteiger partial charge < -0.3 is 4.90 Å². The zero-order chi connectivity index (χ0) is 8.65. The summed E-state index contributed by atoms with van der Waals surface area (Å²) >= 11 is 23.2. The van der Waals surface area contributed by atoms with Crippen molar-refractivity contribution in [1.29, 1.82) is 0 Å². The Morgan fingerprint density at radius 2 is 2.18 bits per heavy atom. The lowest BCUT2D eigenvalue weighted by molar-refractivity contribution is 0.382. The van der Waals surface area contributed by atoms with Crippen LogP contribution in [0.15, 0.2) is 0 Å². The van der Waals surface area contributed by atoms with Crippen molar-refractivity contribution in [2.45, 2.75) is 9.96 Å². The average Bonchev–Trinajstić information content (AvgIpc) is 2.11. The largest absolute Gasteiger partial charge is 0.339 e. The molecular formula is C4H5Cl3N2S2. The Hall–Kier alpha value is 1.07. The minimum atomic E-state index is -1.34. The zero-order valence-electron chi connectivity index (χ0n) is 5.47. The van der Waals surface area contributed by atoms with Crippen LogP contribution in [0.2, 0.25) is 0 Å². The highest BCUT2D eigenvalue weighted by atomic mass is 35.6. The minimum absolute atomic E-state index is 0.343. The van der Waals surface area contributed by atoms with E-state index in [4.69, 9.17) is 47.0 Å². The van der Waals surface area contributed by atoms with Gasteiger partial charge in [0, 0.05) is 7.05 Å². The molecule has 1 rings (SSSR count). The van der Waals surface area contributed by atoms with Gasteiger partial charge in [-0.3, -0.25) is 0 Å². The topological polar surface area (TPSA) is 15.3 Å². The molecule has 0 aliphatic carbocycles. The molecule has 2 nitrogen and oxygen atoms in total. The molecule has 7 heteroatoms. The second-order valence-electron chi connectivity index (χ2n) is 2.04. The molecule has 0 aromatic rings. The Balaban J connectivity index is 2.70. The van der Waals surface area contributed by atoms with Gasteiger partial charge >= 0.3 is 0 Å². The molecule has 0 spiro atoms. The predicted molar refractivity (Wildman–Crippen MR) is 55.2 cm³/mol. The number of hydrogen-bond acceptors (Lipinski definition) is 3. The maximum absolute atomic E-state index is 5.65. The van der Waals surface area contributed by atoms with Gasteiger partial charge in [-0.05, 0) is 11.9 Å². The van der Waals surface area contributed by atoms with Crippen LogP contribution < -0.4 is 4.72 Å². The number of rotatable bonds is 0. The molecule has 1 aliphatic heterocycles. The Kier molecular flexibility index (Phi) is 3.17. The van der Waals surface area contributed by atoms with Crippen LogP contribution in [0.5, 0.6) is 0 Å². The molecule has 1 saturated heterocycles. The smallest absolute Gasteiger partial charge is 0.224 e. The van der Waals surface area contributed by atoms with Gasteiger partial charge in [-0.15, -0.1) is 0 Å². The van der Waals surface area contributed by atoms with E-state index < -0.39 is 3.79 Å². The third-order valence-corrected chi connectivity index (χ3v) is 3.20. The first kappa shape index (κ1) is 10.2. The minimum Gasteiger partial charge on any atom is -0.339 e. The van der Waals surface area contributed by atoms with E-state index in [1.807, 2.05) is 0 Å². The van der Waals surface area contributed by atoms with Crippen molar-refractivity contribution in [1.82, 2.24) is 9.62 Å². The zero-order valence-corrected chi connectivity index (χ0v) is 9.38. The summed E-state index contributed by atoms with van der Waals surface area (Å²) in [7, 11) is 1.78. The van der Waals surface area contributed by atoms with Crippen molar-refractivity contribution < 1.29 is 0 Å². The van der Waals surface area contributed by atoms with Gasteiger partial charge in [0.1, 0.15) is 6.17 Å². The summed E-state index contributed by atoms with van der Waals surface area (Å²) in [5.41, 5.74) is 0. The molecule has 1 heterocycles. The molecule has 0 aromatic carbocycles. The van der Waals surface area contributed by atoms with E-state index in [9.17, 15) is 0 Å². The number of hydrogen-bond donors (Lipinski definition) is 1. The first-order chi connectivity index (χ1) is 4.93. The van der Waals surface area contributed by atoms with Gasteiger partial charge in [0.25, 0.3) is 0 Å². The molecule has 0 saturated carbocycles. The summed E-state index contributed by atoms with van der Waals surface area (Å²) in [5, 5.41) is 0. The summed E-state index contributed by atoms with van der Waals surface area (Å²) in [6.45, 7) is 0. The summed E-state index contributed by atoms with van der Waals surface area (Å²) in [6.07, 6.45) is -0.343. The maximum Gasteiger partial charge on any atom is 0.224 e. The molecular weight excluding hydrogens is 247 g/mol. The van der Waals surface area contributed by atoms with Crippen LogP contribution in [0.4, 0.5) is 0 Å². The Morgan fingerprint density at radius 3 is 2.36 bits per heavy atom. The molecule has 0 amide bonds. The summed E-state index contributed by atoms with van der Waals surface area (Å²) < 4.78 is 2.24. The third kappa shape index (κ3) is 2.26. The fourth-order valence-corrected chi connectivity index (χ4v) is 2.49.